The van der Waals surface area contributed by atoms with Crippen LogP contribution < -0.4 is 0 Å². The van der Waals surface area contributed by atoms with Crippen LogP contribution in [0.4, 0.5) is 0 Å². The van der Waals surface area contributed by atoms with Gasteiger partial charge in [-0.05, 0) is 76.1 Å². The van der Waals surface area contributed by atoms with Crippen molar-refractivity contribution in [3.05, 3.63) is 46.3 Å². The van der Waals surface area contributed by atoms with Crippen molar-refractivity contribution in [1.82, 2.24) is 9.88 Å². The SMILES string of the molecule is Cc1c[nH]c(C)c1C(=O)OC(C)C1=CC[C@@]23OCCN(C)C[C@@]12C[C@@H](O)[C@]12OC4(O)CC[C@@]1(C)[C@H](CC=C32)C4. The van der Waals surface area contributed by atoms with Crippen molar-refractivity contribution in [2.45, 2.75) is 95.4 Å². The first kappa shape index (κ1) is 26.0. The van der Waals surface area contributed by atoms with Gasteiger partial charge in [0, 0.05) is 48.7 Å². The van der Waals surface area contributed by atoms with E-state index in [0.717, 1.165) is 41.8 Å². The first-order valence-corrected chi connectivity index (χ1v) is 14.6. The van der Waals surface area contributed by atoms with Crippen molar-refractivity contribution < 1.29 is 29.2 Å². The number of likely N-dealkylation sites (N-methyl/N-ethyl adjacent to an activating group) is 1. The second kappa shape index (κ2) is 8.07. The van der Waals surface area contributed by atoms with Crippen LogP contribution in [0, 0.1) is 30.6 Å². The number of nitrogens with zero attached hydrogens (tertiary/aromatic N) is 1. The summed E-state index contributed by atoms with van der Waals surface area (Å²) < 4.78 is 19.9. The van der Waals surface area contributed by atoms with Crippen LogP contribution in [-0.2, 0) is 14.2 Å². The van der Waals surface area contributed by atoms with Crippen LogP contribution in [0.25, 0.3) is 0 Å². The Hall–Kier alpha value is -1.97. The largest absolute Gasteiger partial charge is 0.454 e. The van der Waals surface area contributed by atoms with Gasteiger partial charge < -0.3 is 34.3 Å². The summed E-state index contributed by atoms with van der Waals surface area (Å²) in [6.45, 7) is 10.0. The molecule has 8 rings (SSSR count). The molecular weight excluding hydrogens is 496 g/mol. The Kier molecular flexibility index (Phi) is 5.37. The van der Waals surface area contributed by atoms with Crippen LogP contribution in [0.1, 0.15) is 74.0 Å². The lowest BCUT2D eigenvalue weighted by Gasteiger charge is -2.73. The number of hydrogen-bond donors (Lipinski definition) is 3. The third-order valence-corrected chi connectivity index (χ3v) is 11.7. The highest BCUT2D eigenvalue weighted by Crippen LogP contribution is 2.74. The summed E-state index contributed by atoms with van der Waals surface area (Å²) in [7, 11) is 2.10. The number of aryl methyl sites for hydroxylation is 2. The molecule has 2 saturated carbocycles. The number of H-pyrrole nitrogens is 1. The second-order valence-corrected chi connectivity index (χ2v) is 13.6. The number of fused-ring (bicyclic) bond motifs is 1. The number of nitrogens with one attached hydrogen (secondary N) is 1. The van der Waals surface area contributed by atoms with E-state index in [0.29, 0.717) is 44.4 Å². The Morgan fingerprint density at radius 2 is 2.05 bits per heavy atom. The molecule has 39 heavy (non-hydrogen) atoms. The predicted molar refractivity (Wildman–Crippen MR) is 144 cm³/mol. The third-order valence-electron chi connectivity index (χ3n) is 11.7. The van der Waals surface area contributed by atoms with Gasteiger partial charge in [-0.1, -0.05) is 19.1 Å². The maximum absolute atomic E-state index is 13.3. The van der Waals surface area contributed by atoms with Crippen LogP contribution in [0.2, 0.25) is 0 Å². The fourth-order valence-corrected chi connectivity index (χ4v) is 9.86. The van der Waals surface area contributed by atoms with Gasteiger partial charge in [-0.25, -0.2) is 4.79 Å². The molecule has 7 aliphatic rings. The lowest BCUT2D eigenvalue weighted by atomic mass is 9.41. The molecule has 4 heterocycles. The summed E-state index contributed by atoms with van der Waals surface area (Å²) in [5, 5.41) is 23.8. The van der Waals surface area contributed by atoms with E-state index < -0.39 is 34.6 Å². The molecule has 212 valence electrons. The van der Waals surface area contributed by atoms with E-state index in [4.69, 9.17) is 14.2 Å². The minimum absolute atomic E-state index is 0.252. The Bertz CT molecular complexity index is 1280. The number of ether oxygens (including phenoxy) is 3. The van der Waals surface area contributed by atoms with Gasteiger partial charge in [0.2, 0.25) is 0 Å². The summed E-state index contributed by atoms with van der Waals surface area (Å²) in [6.07, 6.45) is 8.89. The van der Waals surface area contributed by atoms with Gasteiger partial charge in [0.05, 0.1) is 18.3 Å². The van der Waals surface area contributed by atoms with Crippen molar-refractivity contribution in [3.8, 4) is 0 Å². The average molecular weight is 539 g/mol. The number of carbonyl (C=O) groups excluding carboxylic acids is 1. The number of hydrogen-bond acceptors (Lipinski definition) is 7. The van der Waals surface area contributed by atoms with Crippen molar-refractivity contribution in [2.24, 2.45) is 16.7 Å². The molecular formula is C31H42N2O6. The molecule has 8 nitrogen and oxygen atoms in total. The Morgan fingerprint density at radius 1 is 1.26 bits per heavy atom. The minimum Gasteiger partial charge on any atom is -0.454 e. The number of rotatable bonds is 3. The molecule has 3 aliphatic heterocycles. The average Bonchev–Trinajstić information content (AvgIpc) is 3.31. The van der Waals surface area contributed by atoms with Gasteiger partial charge in [0.15, 0.2) is 5.79 Å². The van der Waals surface area contributed by atoms with E-state index in [9.17, 15) is 15.0 Å². The molecule has 4 aliphatic carbocycles. The monoisotopic (exact) mass is 538 g/mol. The summed E-state index contributed by atoms with van der Waals surface area (Å²) in [4.78, 5) is 18.7. The molecule has 5 fully saturated rings. The Labute approximate surface area is 230 Å². The van der Waals surface area contributed by atoms with Crippen molar-refractivity contribution in [3.63, 3.8) is 0 Å². The predicted octanol–water partition coefficient (Wildman–Crippen LogP) is 3.55. The van der Waals surface area contributed by atoms with Gasteiger partial charge in [-0.2, -0.15) is 0 Å². The fraction of sp³-hybridized carbons (Fsp3) is 0.710. The van der Waals surface area contributed by atoms with E-state index in [2.05, 4.69) is 36.0 Å². The number of aliphatic hydroxyl groups excluding tert-OH is 1. The number of aromatic nitrogens is 1. The molecule has 8 heteroatoms. The molecule has 0 radical (unpaired) electrons. The highest BCUT2D eigenvalue weighted by molar-refractivity contribution is 5.92. The summed E-state index contributed by atoms with van der Waals surface area (Å²) in [6, 6.07) is 0. The number of esters is 1. The molecule has 0 amide bonds. The zero-order valence-corrected chi connectivity index (χ0v) is 23.8. The molecule has 0 aromatic carbocycles. The molecule has 3 saturated heterocycles. The van der Waals surface area contributed by atoms with Crippen LogP contribution in [0.15, 0.2) is 29.5 Å². The first-order chi connectivity index (χ1) is 18.4. The van der Waals surface area contributed by atoms with Crippen molar-refractivity contribution >= 4 is 5.97 Å². The minimum atomic E-state index is -1.22. The maximum atomic E-state index is 13.3. The number of aromatic amines is 1. The number of aliphatic hydroxyl groups is 2. The van der Waals surface area contributed by atoms with E-state index in [-0.39, 0.29) is 17.3 Å². The van der Waals surface area contributed by atoms with Crippen LogP contribution in [-0.4, -0.2) is 82.0 Å². The van der Waals surface area contributed by atoms with Crippen LogP contribution in [0.3, 0.4) is 0 Å². The smallest absolute Gasteiger partial charge is 0.340 e. The lowest BCUT2D eigenvalue weighted by Crippen LogP contribution is -2.79. The molecule has 3 N–H and O–H groups in total. The fourth-order valence-electron chi connectivity index (χ4n) is 9.86. The van der Waals surface area contributed by atoms with E-state index in [1.165, 1.54) is 0 Å². The molecule has 1 aromatic heterocycles. The first-order valence-electron chi connectivity index (χ1n) is 14.6. The topological polar surface area (TPSA) is 104 Å². The van der Waals surface area contributed by atoms with Gasteiger partial charge >= 0.3 is 5.97 Å². The molecule has 1 aromatic rings. The highest BCUT2D eigenvalue weighted by Gasteiger charge is 2.79. The summed E-state index contributed by atoms with van der Waals surface area (Å²) in [5.41, 5.74) is 1.65. The van der Waals surface area contributed by atoms with Gasteiger partial charge in [0.1, 0.15) is 17.3 Å². The second-order valence-electron chi connectivity index (χ2n) is 13.6. The molecule has 1 spiro atoms. The zero-order chi connectivity index (χ0) is 27.6. The van der Waals surface area contributed by atoms with Crippen LogP contribution in [0.5, 0.6) is 0 Å². The Balaban J connectivity index is 1.33. The number of allylic oxidation sites excluding steroid dienone is 1. The molecule has 2 unspecified atom stereocenters. The highest BCUT2D eigenvalue weighted by atomic mass is 16.7. The standard InChI is InChI=1S/C31H42N2O6/c1-18-16-32-19(2)25(18)26(35)38-20(3)22-8-9-30-23-7-6-21-14-29(36)11-10-27(21,4)31(23,39-29)24(34)15-28(22,30)17-33(5)12-13-37-30/h7-8,16,20-21,24,32,34,36H,6,9-15,17H2,1-5H3/t20?,21-,24-,27+,28+,29?,30+,31+/m1/s1. The molecule has 8 atom stereocenters. The van der Waals surface area contributed by atoms with E-state index in [1.807, 2.05) is 27.0 Å². The van der Waals surface area contributed by atoms with Gasteiger partial charge in [-0.3, -0.25) is 0 Å². The quantitative estimate of drug-likeness (QED) is 0.399. The van der Waals surface area contributed by atoms with E-state index >= 15 is 0 Å². The third kappa shape index (κ3) is 3.05. The maximum Gasteiger partial charge on any atom is 0.340 e. The normalized spacial score (nSPS) is 45.4. The van der Waals surface area contributed by atoms with E-state index in [1.54, 1.807) is 0 Å². The van der Waals surface area contributed by atoms with Gasteiger partial charge in [0.25, 0.3) is 0 Å². The zero-order valence-electron chi connectivity index (χ0n) is 23.8. The van der Waals surface area contributed by atoms with Gasteiger partial charge in [-0.15, -0.1) is 0 Å². The molecule has 4 bridgehead atoms. The number of carbonyl (C=O) groups is 1. The van der Waals surface area contributed by atoms with Crippen molar-refractivity contribution in [2.75, 3.05) is 26.7 Å². The summed E-state index contributed by atoms with van der Waals surface area (Å²) >= 11 is 0. The summed E-state index contributed by atoms with van der Waals surface area (Å²) in [5.74, 6) is -1.31. The van der Waals surface area contributed by atoms with Crippen molar-refractivity contribution in [1.29, 1.82) is 0 Å². The van der Waals surface area contributed by atoms with Crippen LogP contribution >= 0.6 is 0 Å². The Morgan fingerprint density at radius 3 is 2.79 bits per heavy atom. The lowest BCUT2D eigenvalue weighted by molar-refractivity contribution is -0.401.